The molecule has 0 aliphatic carbocycles. The molecule has 0 spiro atoms. The van der Waals surface area contributed by atoms with Crippen LogP contribution in [0.5, 0.6) is 0 Å². The molecule has 6 nitrogen and oxygen atoms in total. The number of carbonyl (C=O) groups is 2. The summed E-state index contributed by atoms with van der Waals surface area (Å²) in [5, 5.41) is 23.2. The maximum Gasteiger partial charge on any atom is 0.305 e. The molecule has 2 unspecified atom stereocenters. The minimum absolute atomic E-state index is 0.0253. The van der Waals surface area contributed by atoms with Gasteiger partial charge >= 0.3 is 5.97 Å². The van der Waals surface area contributed by atoms with Crippen molar-refractivity contribution in [2.45, 2.75) is 341 Å². The van der Waals surface area contributed by atoms with Crippen LogP contribution < -0.4 is 5.32 Å². The van der Waals surface area contributed by atoms with Crippen LogP contribution in [0.3, 0.4) is 0 Å². The van der Waals surface area contributed by atoms with Gasteiger partial charge in [-0.25, -0.2) is 0 Å². The zero-order valence-electron chi connectivity index (χ0n) is 47.5. The van der Waals surface area contributed by atoms with Crippen LogP contribution >= 0.6 is 0 Å². The molecule has 0 heterocycles. The number of esters is 1. The highest BCUT2D eigenvalue weighted by Gasteiger charge is 2.18. The number of carbonyl (C=O) groups excluding carboxylic acids is 2. The summed E-state index contributed by atoms with van der Waals surface area (Å²) in [5.41, 5.74) is 0. The van der Waals surface area contributed by atoms with Crippen molar-refractivity contribution < 1.29 is 24.5 Å². The topological polar surface area (TPSA) is 95.9 Å². The second kappa shape index (κ2) is 60.4. The normalized spacial score (nSPS) is 12.9. The van der Waals surface area contributed by atoms with Crippen LogP contribution in [0.15, 0.2) is 48.6 Å². The van der Waals surface area contributed by atoms with Crippen LogP contribution in [0, 0.1) is 0 Å². The van der Waals surface area contributed by atoms with E-state index in [9.17, 15) is 19.8 Å². The molecule has 0 aromatic heterocycles. The second-order valence-corrected chi connectivity index (χ2v) is 21.4. The summed E-state index contributed by atoms with van der Waals surface area (Å²) in [7, 11) is 0. The first-order chi connectivity index (χ1) is 35.0. The van der Waals surface area contributed by atoms with Gasteiger partial charge < -0.3 is 20.3 Å². The molecule has 0 saturated heterocycles. The Kier molecular flexibility index (Phi) is 58.5. The first-order valence-corrected chi connectivity index (χ1v) is 31.4. The fourth-order valence-electron chi connectivity index (χ4n) is 9.49. The van der Waals surface area contributed by atoms with Gasteiger partial charge in [0.15, 0.2) is 0 Å². The number of amides is 1. The predicted octanol–water partition coefficient (Wildman–Crippen LogP) is 19.7. The van der Waals surface area contributed by atoms with Gasteiger partial charge in [0.1, 0.15) is 0 Å². The highest BCUT2D eigenvalue weighted by Crippen LogP contribution is 2.17. The molecule has 0 aliphatic heterocycles. The molecule has 0 aromatic rings. The molecule has 1 amide bonds. The van der Waals surface area contributed by atoms with Crippen molar-refractivity contribution in [1.29, 1.82) is 0 Å². The standard InChI is InChI=1S/C65H121NO5/c1-3-5-7-9-11-13-15-16-17-18-19-20-21-22-23-25-28-31-34-38-41-45-49-53-57-63(68)62(61-67)66-64(69)58-54-50-46-42-39-35-32-29-26-24-27-30-33-36-40-44-48-52-56-60-71-65(70)59-55-51-47-43-37-14-12-10-8-6-4-2/h10,12,30,33,36,40,53,57,62-63,67-68H,3-9,11,13-29,31-32,34-35,37-39,41-52,54-56,58-61H2,1-2H3,(H,66,69)/b12-10-,33-30-,40-36-,57-53+. The Labute approximate surface area is 442 Å². The molecule has 6 heteroatoms. The number of allylic oxidation sites excluding steroid dienone is 7. The van der Waals surface area contributed by atoms with E-state index in [2.05, 4.69) is 55.6 Å². The highest BCUT2D eigenvalue weighted by molar-refractivity contribution is 5.76. The summed E-state index contributed by atoms with van der Waals surface area (Å²) in [4.78, 5) is 24.5. The highest BCUT2D eigenvalue weighted by atomic mass is 16.5. The number of nitrogens with one attached hydrogen (secondary N) is 1. The van der Waals surface area contributed by atoms with Crippen molar-refractivity contribution in [2.75, 3.05) is 13.2 Å². The summed E-state index contributed by atoms with van der Waals surface area (Å²) in [6.45, 7) is 4.84. The van der Waals surface area contributed by atoms with Gasteiger partial charge in [-0.2, -0.15) is 0 Å². The molecule has 0 bridgehead atoms. The second-order valence-electron chi connectivity index (χ2n) is 21.4. The van der Waals surface area contributed by atoms with Gasteiger partial charge in [0.2, 0.25) is 5.91 Å². The molecule has 0 radical (unpaired) electrons. The van der Waals surface area contributed by atoms with E-state index in [0.29, 0.717) is 19.4 Å². The van der Waals surface area contributed by atoms with E-state index in [1.54, 1.807) is 6.08 Å². The smallest absolute Gasteiger partial charge is 0.305 e. The SMILES string of the molecule is CCCC/C=C\CCCCCCCC(=O)OCCCCC/C=C\C=C/CCCCCCCCCCCCC(=O)NC(CO)C(O)/C=C/CCCCCCCCCCCCCCCCCCCCCCCC. The molecule has 0 aromatic carbocycles. The van der Waals surface area contributed by atoms with Crippen LogP contribution in [0.1, 0.15) is 328 Å². The minimum atomic E-state index is -0.854. The maximum absolute atomic E-state index is 12.5. The summed E-state index contributed by atoms with van der Waals surface area (Å²) in [6, 6.07) is -0.638. The maximum atomic E-state index is 12.5. The van der Waals surface area contributed by atoms with E-state index in [4.69, 9.17) is 4.74 Å². The Morgan fingerprint density at radius 2 is 0.718 bits per heavy atom. The molecule has 71 heavy (non-hydrogen) atoms. The number of unbranched alkanes of at least 4 members (excludes halogenated alkanes) is 42. The van der Waals surface area contributed by atoms with Crippen molar-refractivity contribution in [3.8, 4) is 0 Å². The van der Waals surface area contributed by atoms with E-state index in [-0.39, 0.29) is 18.5 Å². The van der Waals surface area contributed by atoms with Crippen LogP contribution in [0.2, 0.25) is 0 Å². The first kappa shape index (κ1) is 68.8. The van der Waals surface area contributed by atoms with Gasteiger partial charge in [-0.3, -0.25) is 9.59 Å². The van der Waals surface area contributed by atoms with E-state index >= 15 is 0 Å². The molecule has 2 atom stereocenters. The molecule has 0 fully saturated rings. The molecule has 0 aliphatic rings. The Morgan fingerprint density at radius 1 is 0.394 bits per heavy atom. The summed E-state index contributed by atoms with van der Waals surface area (Å²) >= 11 is 0. The quantitative estimate of drug-likeness (QED) is 0.0244. The first-order valence-electron chi connectivity index (χ1n) is 31.4. The Morgan fingerprint density at radius 3 is 1.13 bits per heavy atom. The Hall–Kier alpha value is -2.18. The Balaban J connectivity index is 3.51. The minimum Gasteiger partial charge on any atom is -0.466 e. The lowest BCUT2D eigenvalue weighted by molar-refractivity contribution is -0.143. The third-order valence-electron chi connectivity index (χ3n) is 14.3. The number of aliphatic hydroxyl groups is 2. The van der Waals surface area contributed by atoms with Gasteiger partial charge in [-0.15, -0.1) is 0 Å². The van der Waals surface area contributed by atoms with Crippen LogP contribution in [-0.4, -0.2) is 47.4 Å². The van der Waals surface area contributed by atoms with Crippen molar-refractivity contribution in [3.63, 3.8) is 0 Å². The molecule has 416 valence electrons. The van der Waals surface area contributed by atoms with E-state index in [1.807, 2.05) is 6.08 Å². The largest absolute Gasteiger partial charge is 0.466 e. The van der Waals surface area contributed by atoms with Crippen LogP contribution in [0.25, 0.3) is 0 Å². The zero-order chi connectivity index (χ0) is 51.4. The van der Waals surface area contributed by atoms with Crippen molar-refractivity contribution in [1.82, 2.24) is 5.32 Å². The Bertz CT molecular complexity index is 1190. The van der Waals surface area contributed by atoms with Crippen molar-refractivity contribution in [3.05, 3.63) is 48.6 Å². The fraction of sp³-hybridized carbons (Fsp3) is 0.846. The van der Waals surface area contributed by atoms with E-state index in [1.165, 1.54) is 225 Å². The van der Waals surface area contributed by atoms with Gasteiger partial charge in [-0.1, -0.05) is 281 Å². The van der Waals surface area contributed by atoms with Gasteiger partial charge in [0.25, 0.3) is 0 Å². The number of hydrogen-bond donors (Lipinski definition) is 3. The lowest BCUT2D eigenvalue weighted by Crippen LogP contribution is -2.45. The monoisotopic (exact) mass is 996 g/mol. The van der Waals surface area contributed by atoms with Crippen molar-refractivity contribution in [2.24, 2.45) is 0 Å². The lowest BCUT2D eigenvalue weighted by atomic mass is 10.0. The molecule has 0 rings (SSSR count). The number of ether oxygens (including phenoxy) is 1. The van der Waals surface area contributed by atoms with Crippen molar-refractivity contribution >= 4 is 11.9 Å². The average Bonchev–Trinajstić information content (AvgIpc) is 3.37. The molecular weight excluding hydrogens is 875 g/mol. The zero-order valence-corrected chi connectivity index (χ0v) is 47.5. The third-order valence-corrected chi connectivity index (χ3v) is 14.3. The van der Waals surface area contributed by atoms with E-state index < -0.39 is 12.1 Å². The van der Waals surface area contributed by atoms with Gasteiger partial charge in [0.05, 0.1) is 25.4 Å². The van der Waals surface area contributed by atoms with E-state index in [0.717, 1.165) is 77.0 Å². The number of aliphatic hydroxyl groups excluding tert-OH is 2. The van der Waals surface area contributed by atoms with Crippen LogP contribution in [0.4, 0.5) is 0 Å². The fourth-order valence-corrected chi connectivity index (χ4v) is 9.49. The number of hydrogen-bond acceptors (Lipinski definition) is 5. The number of rotatable bonds is 58. The summed E-state index contributed by atoms with van der Waals surface area (Å²) in [6.07, 6.45) is 77.3. The molecule has 0 saturated carbocycles. The lowest BCUT2D eigenvalue weighted by Gasteiger charge is -2.20. The van der Waals surface area contributed by atoms with Gasteiger partial charge in [-0.05, 0) is 83.5 Å². The molecule has 3 N–H and O–H groups in total. The predicted molar refractivity (Wildman–Crippen MR) is 310 cm³/mol. The molecular formula is C65H121NO5. The summed E-state index contributed by atoms with van der Waals surface area (Å²) < 4.78 is 5.43. The third kappa shape index (κ3) is 57.0. The van der Waals surface area contributed by atoms with Crippen LogP contribution in [-0.2, 0) is 14.3 Å². The summed E-state index contributed by atoms with van der Waals surface area (Å²) in [5.74, 6) is -0.101. The average molecular weight is 997 g/mol. The van der Waals surface area contributed by atoms with Gasteiger partial charge in [0, 0.05) is 12.8 Å².